The highest BCUT2D eigenvalue weighted by molar-refractivity contribution is 6.36. The molecule has 9 heteroatoms. The van der Waals surface area contributed by atoms with Gasteiger partial charge < -0.3 is 9.73 Å². The van der Waals surface area contributed by atoms with Crippen molar-refractivity contribution in [2.24, 2.45) is 0 Å². The minimum absolute atomic E-state index is 0.142. The Morgan fingerprint density at radius 3 is 2.46 bits per heavy atom. The molecule has 1 atom stereocenters. The lowest BCUT2D eigenvalue weighted by Crippen LogP contribution is -2.32. The molecule has 0 aliphatic heterocycles. The third-order valence-electron chi connectivity index (χ3n) is 4.14. The average Bonchev–Trinajstić information content (AvgIpc) is 3.12. The van der Waals surface area contributed by atoms with Gasteiger partial charge in [-0.15, -0.1) is 10.2 Å². The summed E-state index contributed by atoms with van der Waals surface area (Å²) in [5.74, 6) is 0.502. The highest BCUT2D eigenvalue weighted by Gasteiger charge is 2.21. The van der Waals surface area contributed by atoms with Gasteiger partial charge >= 0.3 is 0 Å². The number of anilines is 1. The van der Waals surface area contributed by atoms with Crippen molar-refractivity contribution < 1.29 is 9.21 Å². The average molecular weight is 440 g/mol. The van der Waals surface area contributed by atoms with E-state index >= 15 is 0 Å². The Balaban J connectivity index is 1.64. The zero-order valence-corrected chi connectivity index (χ0v) is 17.4. The molecule has 0 saturated carbocycles. The molecule has 1 heterocycles. The summed E-state index contributed by atoms with van der Waals surface area (Å²) in [4.78, 5) is 14.1. The smallest absolute Gasteiger partial charge is 0.249 e. The number of nitrogens with one attached hydrogen (secondary N) is 1. The number of hydrogen-bond donors (Lipinski definition) is 1. The van der Waals surface area contributed by atoms with Gasteiger partial charge in [-0.1, -0.05) is 34.8 Å². The van der Waals surface area contributed by atoms with Crippen LogP contribution in [-0.4, -0.2) is 34.6 Å². The molecule has 0 radical (unpaired) electrons. The van der Waals surface area contributed by atoms with Crippen LogP contribution in [-0.2, 0) is 4.79 Å². The molecule has 6 nitrogen and oxygen atoms in total. The van der Waals surface area contributed by atoms with Gasteiger partial charge in [0.15, 0.2) is 0 Å². The number of likely N-dealkylation sites (N-methyl/N-ethyl adjacent to an activating group) is 1. The van der Waals surface area contributed by atoms with Crippen molar-refractivity contribution in [2.75, 3.05) is 18.9 Å². The number of aromatic nitrogens is 2. The topological polar surface area (TPSA) is 71.3 Å². The molecule has 1 amide bonds. The summed E-state index contributed by atoms with van der Waals surface area (Å²) in [5.41, 5.74) is 1.27. The zero-order valence-electron chi connectivity index (χ0n) is 15.1. The molecule has 0 saturated heterocycles. The maximum Gasteiger partial charge on any atom is 0.249 e. The van der Waals surface area contributed by atoms with Crippen LogP contribution in [0.2, 0.25) is 15.1 Å². The Kier molecular flexibility index (Phi) is 6.57. The monoisotopic (exact) mass is 438 g/mol. The van der Waals surface area contributed by atoms with Gasteiger partial charge in [-0.05, 0) is 56.4 Å². The molecule has 0 bridgehead atoms. The van der Waals surface area contributed by atoms with Crippen LogP contribution >= 0.6 is 34.8 Å². The molecular formula is C19H17Cl3N4O2. The second kappa shape index (κ2) is 8.92. The van der Waals surface area contributed by atoms with Crippen molar-refractivity contribution in [1.82, 2.24) is 15.1 Å². The van der Waals surface area contributed by atoms with Gasteiger partial charge in [0.05, 0.1) is 23.2 Å². The molecule has 2 aromatic carbocycles. The predicted octanol–water partition coefficient (Wildman–Crippen LogP) is 5.33. The van der Waals surface area contributed by atoms with Crippen LogP contribution in [0.3, 0.4) is 0 Å². The lowest BCUT2D eigenvalue weighted by Gasteiger charge is -2.21. The van der Waals surface area contributed by atoms with E-state index < -0.39 is 0 Å². The van der Waals surface area contributed by atoms with Crippen molar-refractivity contribution in [3.05, 3.63) is 63.4 Å². The van der Waals surface area contributed by atoms with Crippen LogP contribution in [0.5, 0.6) is 0 Å². The van der Waals surface area contributed by atoms with Gasteiger partial charge in [0.25, 0.3) is 0 Å². The zero-order chi connectivity index (χ0) is 20.3. The molecule has 28 heavy (non-hydrogen) atoms. The summed E-state index contributed by atoms with van der Waals surface area (Å²) in [6, 6.07) is 11.7. The van der Waals surface area contributed by atoms with Gasteiger partial charge in [-0.25, -0.2) is 0 Å². The Bertz CT molecular complexity index is 976. The fourth-order valence-corrected chi connectivity index (χ4v) is 3.08. The SMILES string of the molecule is C[C@@H](c1nnc(-c2ccc(Cl)cc2Cl)o1)N(C)CC(=O)Nc1ccc(Cl)cc1. The first-order chi connectivity index (χ1) is 13.3. The van der Waals surface area contributed by atoms with Crippen LogP contribution in [0.15, 0.2) is 46.9 Å². The van der Waals surface area contributed by atoms with Gasteiger partial charge in [0.2, 0.25) is 17.7 Å². The first-order valence-electron chi connectivity index (χ1n) is 8.38. The standard InChI is InChI=1S/C19H17Cl3N4O2/c1-11(26(2)10-17(27)23-14-6-3-12(20)4-7-14)18-24-25-19(28-18)15-8-5-13(21)9-16(15)22/h3-9,11H,10H2,1-2H3,(H,23,27)/t11-/m0/s1. The number of amides is 1. The van der Waals surface area contributed by atoms with Crippen LogP contribution in [0.4, 0.5) is 5.69 Å². The third-order valence-corrected chi connectivity index (χ3v) is 4.94. The Morgan fingerprint density at radius 1 is 1.11 bits per heavy atom. The van der Waals surface area contributed by atoms with Crippen molar-refractivity contribution in [3.63, 3.8) is 0 Å². The molecular weight excluding hydrogens is 423 g/mol. The van der Waals surface area contributed by atoms with Crippen LogP contribution in [0.25, 0.3) is 11.5 Å². The van der Waals surface area contributed by atoms with Crippen LogP contribution < -0.4 is 5.32 Å². The van der Waals surface area contributed by atoms with E-state index in [1.54, 1.807) is 54.4 Å². The quantitative estimate of drug-likeness (QED) is 0.562. The van der Waals surface area contributed by atoms with E-state index in [0.29, 0.717) is 38.1 Å². The summed E-state index contributed by atoms with van der Waals surface area (Å²) in [6.07, 6.45) is 0. The van der Waals surface area contributed by atoms with E-state index in [4.69, 9.17) is 39.2 Å². The Labute approximate surface area is 177 Å². The van der Waals surface area contributed by atoms with Crippen molar-refractivity contribution in [3.8, 4) is 11.5 Å². The fourth-order valence-electron chi connectivity index (χ4n) is 2.46. The Hall–Kier alpha value is -2.12. The molecule has 3 aromatic rings. The molecule has 3 rings (SSSR count). The minimum atomic E-state index is -0.275. The van der Waals surface area contributed by atoms with E-state index in [-0.39, 0.29) is 18.5 Å². The summed E-state index contributed by atoms with van der Waals surface area (Å²) in [6.45, 7) is 2.01. The van der Waals surface area contributed by atoms with Gasteiger partial charge in [0, 0.05) is 15.7 Å². The number of nitrogens with zero attached hydrogens (tertiary/aromatic N) is 3. The lowest BCUT2D eigenvalue weighted by atomic mass is 10.2. The molecule has 0 spiro atoms. The summed E-state index contributed by atoms with van der Waals surface area (Å²) in [7, 11) is 1.80. The van der Waals surface area contributed by atoms with Crippen LogP contribution in [0, 0.1) is 0 Å². The van der Waals surface area contributed by atoms with E-state index in [2.05, 4.69) is 15.5 Å². The Morgan fingerprint density at radius 2 is 1.79 bits per heavy atom. The highest BCUT2D eigenvalue weighted by atomic mass is 35.5. The highest BCUT2D eigenvalue weighted by Crippen LogP contribution is 2.30. The maximum absolute atomic E-state index is 12.3. The van der Waals surface area contributed by atoms with Gasteiger partial charge in [0.1, 0.15) is 0 Å². The number of rotatable bonds is 6. The third kappa shape index (κ3) is 5.02. The first kappa shape index (κ1) is 20.6. The number of benzene rings is 2. The summed E-state index contributed by atoms with van der Waals surface area (Å²) >= 11 is 17.9. The predicted molar refractivity (Wildman–Crippen MR) is 111 cm³/mol. The number of carbonyl (C=O) groups excluding carboxylic acids is 1. The van der Waals surface area contributed by atoms with E-state index in [0.717, 1.165) is 0 Å². The number of hydrogen-bond acceptors (Lipinski definition) is 5. The lowest BCUT2D eigenvalue weighted by molar-refractivity contribution is -0.117. The minimum Gasteiger partial charge on any atom is -0.419 e. The first-order valence-corrected chi connectivity index (χ1v) is 9.51. The number of halogens is 3. The van der Waals surface area contributed by atoms with Crippen LogP contribution in [0.1, 0.15) is 18.9 Å². The normalized spacial score (nSPS) is 12.2. The molecule has 146 valence electrons. The van der Waals surface area contributed by atoms with Crippen molar-refractivity contribution in [2.45, 2.75) is 13.0 Å². The van der Waals surface area contributed by atoms with E-state index in [9.17, 15) is 4.79 Å². The summed E-state index contributed by atoms with van der Waals surface area (Å²) in [5, 5.41) is 12.5. The van der Waals surface area contributed by atoms with E-state index in [1.165, 1.54) is 0 Å². The molecule has 1 N–H and O–H groups in total. The summed E-state index contributed by atoms with van der Waals surface area (Å²) < 4.78 is 5.75. The van der Waals surface area contributed by atoms with Gasteiger partial charge in [-0.2, -0.15) is 0 Å². The maximum atomic E-state index is 12.3. The second-order valence-electron chi connectivity index (χ2n) is 6.22. The number of carbonyl (C=O) groups is 1. The molecule has 0 fully saturated rings. The molecule has 0 unspecified atom stereocenters. The molecule has 1 aromatic heterocycles. The fraction of sp³-hybridized carbons (Fsp3) is 0.211. The second-order valence-corrected chi connectivity index (χ2v) is 7.50. The van der Waals surface area contributed by atoms with Crippen molar-refractivity contribution >= 4 is 46.4 Å². The van der Waals surface area contributed by atoms with Crippen molar-refractivity contribution in [1.29, 1.82) is 0 Å². The molecule has 0 aliphatic carbocycles. The molecule has 0 aliphatic rings. The largest absolute Gasteiger partial charge is 0.419 e. The van der Waals surface area contributed by atoms with Gasteiger partial charge in [-0.3, -0.25) is 9.69 Å². The van der Waals surface area contributed by atoms with E-state index in [1.807, 2.05) is 6.92 Å².